The van der Waals surface area contributed by atoms with Crippen molar-refractivity contribution >= 4 is 9.84 Å². The van der Waals surface area contributed by atoms with Crippen LogP contribution in [-0.2, 0) is 29.2 Å². The molecule has 2 aromatic carbocycles. The van der Waals surface area contributed by atoms with Crippen molar-refractivity contribution in [2.24, 2.45) is 11.8 Å². The van der Waals surface area contributed by atoms with Crippen LogP contribution in [0.2, 0.25) is 0 Å². The number of sulfone groups is 1. The Bertz CT molecular complexity index is 824. The highest BCUT2D eigenvalue weighted by molar-refractivity contribution is 7.93. The van der Waals surface area contributed by atoms with Crippen molar-refractivity contribution in [3.05, 3.63) is 71.8 Å². The van der Waals surface area contributed by atoms with Gasteiger partial charge in [-0.15, -0.1) is 0 Å². The Balaban J connectivity index is 2.93. The molecule has 5 heteroatoms. The van der Waals surface area contributed by atoms with E-state index in [4.69, 9.17) is 9.47 Å². The third kappa shape index (κ3) is 5.05. The summed E-state index contributed by atoms with van der Waals surface area (Å²) in [5.74, 6) is 0.186. The molecule has 0 N–H and O–H groups in total. The fraction of sp³-hybridized carbons (Fsp3) is 0.538. The molecule has 0 aliphatic carbocycles. The third-order valence-corrected chi connectivity index (χ3v) is 8.18. The molecule has 2 rings (SSSR count). The number of benzene rings is 2. The highest BCUT2D eigenvalue weighted by atomic mass is 32.2. The van der Waals surface area contributed by atoms with Crippen LogP contribution >= 0.6 is 0 Å². The van der Waals surface area contributed by atoms with Gasteiger partial charge in [-0.2, -0.15) is 0 Å². The van der Waals surface area contributed by atoms with Gasteiger partial charge in [0, 0.05) is 13.2 Å². The van der Waals surface area contributed by atoms with E-state index in [1.807, 2.05) is 102 Å². The SMILES string of the molecule is CCOC(CC(C)C)(c1ccccc1)S(=O)(=O)C(CC(C)C)(OCC)c1ccccc1. The molecule has 0 fully saturated rings. The summed E-state index contributed by atoms with van der Waals surface area (Å²) in [5, 5.41) is 0. The van der Waals surface area contributed by atoms with Crippen LogP contribution in [0.25, 0.3) is 0 Å². The van der Waals surface area contributed by atoms with Crippen LogP contribution in [0, 0.1) is 11.8 Å². The maximum absolute atomic E-state index is 14.9. The monoisotopic (exact) mass is 446 g/mol. The molecule has 0 saturated carbocycles. The first kappa shape index (κ1) is 25.6. The van der Waals surface area contributed by atoms with Crippen molar-refractivity contribution < 1.29 is 17.9 Å². The Labute approximate surface area is 188 Å². The fourth-order valence-corrected chi connectivity index (χ4v) is 7.47. The average Bonchev–Trinajstić information content (AvgIpc) is 2.73. The highest BCUT2D eigenvalue weighted by Crippen LogP contribution is 2.50. The molecule has 0 heterocycles. The largest absolute Gasteiger partial charge is 0.355 e. The topological polar surface area (TPSA) is 52.6 Å². The summed E-state index contributed by atoms with van der Waals surface area (Å²) in [6.07, 6.45) is 0.680. The Morgan fingerprint density at radius 1 is 0.677 bits per heavy atom. The molecule has 0 spiro atoms. The second kappa shape index (κ2) is 10.8. The number of hydrogen-bond acceptors (Lipinski definition) is 4. The zero-order valence-electron chi connectivity index (χ0n) is 19.8. The van der Waals surface area contributed by atoms with Crippen molar-refractivity contribution in [3.8, 4) is 0 Å². The van der Waals surface area contributed by atoms with Gasteiger partial charge in [-0.05, 0) is 49.7 Å². The zero-order chi connectivity index (χ0) is 23.1. The minimum Gasteiger partial charge on any atom is -0.355 e. The van der Waals surface area contributed by atoms with Crippen LogP contribution in [0.1, 0.15) is 65.5 Å². The van der Waals surface area contributed by atoms with Gasteiger partial charge >= 0.3 is 0 Å². The molecule has 0 saturated heterocycles. The lowest BCUT2D eigenvalue weighted by atomic mass is 9.97. The maximum atomic E-state index is 14.9. The summed E-state index contributed by atoms with van der Waals surface area (Å²) in [6, 6.07) is 18.7. The van der Waals surface area contributed by atoms with Gasteiger partial charge in [-0.3, -0.25) is 0 Å². The lowest BCUT2D eigenvalue weighted by molar-refractivity contribution is -0.0271. The summed E-state index contributed by atoms with van der Waals surface area (Å²) >= 11 is 0. The fourth-order valence-electron chi connectivity index (χ4n) is 4.40. The molecule has 4 nitrogen and oxygen atoms in total. The van der Waals surface area contributed by atoms with E-state index in [0.717, 1.165) is 0 Å². The summed E-state index contributed by atoms with van der Waals surface area (Å²) in [4.78, 5) is -3.03. The van der Waals surface area contributed by atoms with E-state index in [1.54, 1.807) is 0 Å². The smallest absolute Gasteiger partial charge is 0.218 e. The van der Waals surface area contributed by atoms with Gasteiger partial charge in [0.05, 0.1) is 0 Å². The van der Waals surface area contributed by atoms with E-state index in [-0.39, 0.29) is 25.0 Å². The molecular formula is C26H38O4S. The quantitative estimate of drug-likeness (QED) is 0.385. The summed E-state index contributed by atoms with van der Waals surface area (Å²) < 4.78 is 42.3. The molecule has 0 aromatic heterocycles. The van der Waals surface area contributed by atoms with Crippen LogP contribution in [0.3, 0.4) is 0 Å². The Morgan fingerprint density at radius 3 is 1.26 bits per heavy atom. The molecule has 172 valence electrons. The molecule has 0 amide bonds. The Morgan fingerprint density at radius 2 is 1.00 bits per heavy atom. The molecule has 0 bridgehead atoms. The molecule has 0 aliphatic heterocycles. The molecular weight excluding hydrogens is 408 g/mol. The number of ether oxygens (including phenoxy) is 2. The Hall–Kier alpha value is -1.69. The van der Waals surface area contributed by atoms with E-state index in [0.29, 0.717) is 24.0 Å². The van der Waals surface area contributed by atoms with Gasteiger partial charge in [0.15, 0.2) is 9.87 Å². The van der Waals surface area contributed by atoms with Gasteiger partial charge in [-0.25, -0.2) is 8.42 Å². The molecule has 2 aromatic rings. The molecule has 0 aliphatic rings. The van der Waals surface area contributed by atoms with Crippen LogP contribution < -0.4 is 0 Å². The first-order chi connectivity index (χ1) is 14.7. The van der Waals surface area contributed by atoms with Crippen molar-refractivity contribution in [2.45, 2.75) is 64.3 Å². The molecule has 2 unspecified atom stereocenters. The van der Waals surface area contributed by atoms with E-state index in [2.05, 4.69) is 0 Å². The first-order valence-corrected chi connectivity index (χ1v) is 12.8. The summed E-state index contributed by atoms with van der Waals surface area (Å²) in [6.45, 7) is 12.4. The lowest BCUT2D eigenvalue weighted by Crippen LogP contribution is -2.53. The van der Waals surface area contributed by atoms with Gasteiger partial charge in [0.25, 0.3) is 0 Å². The van der Waals surface area contributed by atoms with Crippen molar-refractivity contribution in [3.63, 3.8) is 0 Å². The van der Waals surface area contributed by atoms with Crippen LogP contribution in [0.4, 0.5) is 0 Å². The number of rotatable bonds is 12. The van der Waals surface area contributed by atoms with Crippen molar-refractivity contribution in [2.75, 3.05) is 13.2 Å². The first-order valence-electron chi connectivity index (χ1n) is 11.3. The van der Waals surface area contributed by atoms with Crippen LogP contribution in [-0.4, -0.2) is 21.6 Å². The van der Waals surface area contributed by atoms with Crippen LogP contribution in [0.15, 0.2) is 60.7 Å². The second-order valence-electron chi connectivity index (χ2n) is 8.80. The Kier molecular flexibility index (Phi) is 8.87. The molecule has 31 heavy (non-hydrogen) atoms. The van der Waals surface area contributed by atoms with Crippen molar-refractivity contribution in [1.29, 1.82) is 0 Å². The van der Waals surface area contributed by atoms with Gasteiger partial charge < -0.3 is 9.47 Å². The van der Waals surface area contributed by atoms with E-state index in [9.17, 15) is 8.42 Å². The molecule has 0 radical (unpaired) electrons. The lowest BCUT2D eigenvalue weighted by Gasteiger charge is -2.44. The number of hydrogen-bond donors (Lipinski definition) is 0. The third-order valence-electron chi connectivity index (χ3n) is 5.40. The minimum absolute atomic E-state index is 0.0932. The van der Waals surface area contributed by atoms with Crippen LogP contribution in [0.5, 0.6) is 0 Å². The predicted octanol–water partition coefficient (Wildman–Crippen LogP) is 6.27. The molecule has 2 atom stereocenters. The average molecular weight is 447 g/mol. The normalized spacial score (nSPS) is 16.3. The van der Waals surface area contributed by atoms with E-state index in [1.165, 1.54) is 0 Å². The summed E-state index contributed by atoms with van der Waals surface area (Å²) in [5.41, 5.74) is 1.30. The predicted molar refractivity (Wildman–Crippen MR) is 127 cm³/mol. The summed E-state index contributed by atoms with van der Waals surface area (Å²) in [7, 11) is -4.05. The van der Waals surface area contributed by atoms with Gasteiger partial charge in [0.2, 0.25) is 9.84 Å². The highest BCUT2D eigenvalue weighted by Gasteiger charge is 2.60. The maximum Gasteiger partial charge on any atom is 0.218 e. The second-order valence-corrected chi connectivity index (χ2v) is 11.1. The van der Waals surface area contributed by atoms with Gasteiger partial charge in [0.1, 0.15) is 0 Å². The zero-order valence-corrected chi connectivity index (χ0v) is 20.6. The standard InChI is InChI=1S/C26H38O4S/c1-7-29-25(19-21(3)4,23-15-11-9-12-16-23)31(27,28)26(30-8-2,20-22(5)6)24-17-13-10-14-18-24/h9-18,21-22H,7-8,19-20H2,1-6H3. The van der Waals surface area contributed by atoms with E-state index < -0.39 is 19.7 Å². The minimum atomic E-state index is -4.05. The van der Waals surface area contributed by atoms with Gasteiger partial charge in [-0.1, -0.05) is 88.4 Å². The van der Waals surface area contributed by atoms with Crippen molar-refractivity contribution in [1.82, 2.24) is 0 Å². The van der Waals surface area contributed by atoms with E-state index >= 15 is 0 Å².